The summed E-state index contributed by atoms with van der Waals surface area (Å²) in [6.45, 7) is 1.90. The summed E-state index contributed by atoms with van der Waals surface area (Å²) in [5, 5.41) is 2.57. The number of piperidine rings is 1. The van der Waals surface area contributed by atoms with Crippen LogP contribution in [0.4, 0.5) is 4.39 Å². The van der Waals surface area contributed by atoms with Crippen molar-refractivity contribution in [3.8, 4) is 0 Å². The predicted octanol–water partition coefficient (Wildman–Crippen LogP) is 0.904. The number of carbonyl (C=O) groups is 2. The Morgan fingerprint density at radius 3 is 2.32 bits per heavy atom. The lowest BCUT2D eigenvalue weighted by atomic mass is 9.97. The molecule has 2 rings (SSSR count). The number of ether oxygens (including phenoxy) is 1. The van der Waals surface area contributed by atoms with Crippen LogP contribution in [0.2, 0.25) is 0 Å². The minimum atomic E-state index is -3.71. The highest BCUT2D eigenvalue weighted by Gasteiger charge is 2.33. The summed E-state index contributed by atoms with van der Waals surface area (Å²) in [7, 11) is -2.47. The van der Waals surface area contributed by atoms with Crippen molar-refractivity contribution in [2.45, 2.75) is 30.7 Å². The molecule has 1 saturated heterocycles. The van der Waals surface area contributed by atoms with Gasteiger partial charge in [0.1, 0.15) is 11.9 Å². The molecule has 0 bridgehead atoms. The van der Waals surface area contributed by atoms with E-state index in [1.165, 1.54) is 30.5 Å². The van der Waals surface area contributed by atoms with Gasteiger partial charge in [-0.2, -0.15) is 4.31 Å². The minimum absolute atomic E-state index is 0.0242. The highest BCUT2D eigenvalue weighted by Crippen LogP contribution is 2.24. The van der Waals surface area contributed by atoms with Gasteiger partial charge >= 0.3 is 5.97 Å². The Hall–Kier alpha value is -2.00. The SMILES string of the molecule is COC(=O)[C@H](C)NC(=O)C1CCN(S(=O)(=O)c2ccc(F)cc2)CC1. The van der Waals surface area contributed by atoms with Crippen molar-refractivity contribution >= 4 is 21.9 Å². The zero-order valence-corrected chi connectivity index (χ0v) is 14.9. The first-order valence-corrected chi connectivity index (χ1v) is 9.33. The van der Waals surface area contributed by atoms with Gasteiger partial charge in [-0.05, 0) is 44.0 Å². The van der Waals surface area contributed by atoms with Gasteiger partial charge in [0.05, 0.1) is 12.0 Å². The molecule has 1 aliphatic rings. The van der Waals surface area contributed by atoms with Crippen molar-refractivity contribution in [1.82, 2.24) is 9.62 Å². The number of halogens is 1. The molecule has 9 heteroatoms. The number of amides is 1. The Kier molecular flexibility index (Phi) is 6.12. The fourth-order valence-electron chi connectivity index (χ4n) is 2.68. The quantitative estimate of drug-likeness (QED) is 0.776. The van der Waals surface area contributed by atoms with Crippen LogP contribution in [0.25, 0.3) is 0 Å². The molecule has 25 heavy (non-hydrogen) atoms. The van der Waals surface area contributed by atoms with Gasteiger partial charge in [-0.3, -0.25) is 4.79 Å². The maximum absolute atomic E-state index is 13.0. The number of esters is 1. The molecule has 1 amide bonds. The lowest BCUT2D eigenvalue weighted by Gasteiger charge is -2.31. The average Bonchev–Trinajstić information content (AvgIpc) is 2.61. The summed E-state index contributed by atoms with van der Waals surface area (Å²) in [6.07, 6.45) is 0.695. The van der Waals surface area contributed by atoms with E-state index in [1.54, 1.807) is 0 Å². The molecule has 1 aliphatic heterocycles. The van der Waals surface area contributed by atoms with Gasteiger partial charge in [0, 0.05) is 19.0 Å². The van der Waals surface area contributed by atoms with Crippen LogP contribution < -0.4 is 5.32 Å². The first kappa shape index (κ1) is 19.3. The largest absolute Gasteiger partial charge is 0.467 e. The van der Waals surface area contributed by atoms with Gasteiger partial charge < -0.3 is 10.1 Å². The van der Waals surface area contributed by atoms with Crippen LogP contribution in [0.5, 0.6) is 0 Å². The van der Waals surface area contributed by atoms with E-state index in [1.807, 2.05) is 0 Å². The van der Waals surface area contributed by atoms with Gasteiger partial charge in [0.2, 0.25) is 15.9 Å². The lowest BCUT2D eigenvalue weighted by molar-refractivity contribution is -0.145. The molecular formula is C16H21FN2O5S. The third-order valence-electron chi connectivity index (χ3n) is 4.19. The third kappa shape index (κ3) is 4.55. The van der Waals surface area contributed by atoms with Crippen molar-refractivity contribution in [2.24, 2.45) is 5.92 Å². The van der Waals surface area contributed by atoms with E-state index in [9.17, 15) is 22.4 Å². The number of rotatable bonds is 5. The molecule has 1 heterocycles. The summed E-state index contributed by atoms with van der Waals surface area (Å²) < 4.78 is 43.8. The van der Waals surface area contributed by atoms with Gasteiger partial charge in [0.25, 0.3) is 0 Å². The van der Waals surface area contributed by atoms with Crippen LogP contribution in [0.15, 0.2) is 29.2 Å². The highest BCUT2D eigenvalue weighted by molar-refractivity contribution is 7.89. The van der Waals surface area contributed by atoms with E-state index >= 15 is 0 Å². The molecule has 1 atom stereocenters. The monoisotopic (exact) mass is 372 g/mol. The lowest BCUT2D eigenvalue weighted by Crippen LogP contribution is -2.46. The third-order valence-corrected chi connectivity index (χ3v) is 6.10. The van der Waals surface area contributed by atoms with E-state index in [-0.39, 0.29) is 29.8 Å². The number of hydrogen-bond acceptors (Lipinski definition) is 5. The normalized spacial score (nSPS) is 17.7. The van der Waals surface area contributed by atoms with Crippen molar-refractivity contribution < 1.29 is 27.1 Å². The van der Waals surface area contributed by atoms with Crippen molar-refractivity contribution in [3.05, 3.63) is 30.1 Å². The van der Waals surface area contributed by atoms with Crippen LogP contribution >= 0.6 is 0 Å². The topological polar surface area (TPSA) is 92.8 Å². The molecule has 1 N–H and O–H groups in total. The number of sulfonamides is 1. The molecule has 0 aliphatic carbocycles. The van der Waals surface area contributed by atoms with Gasteiger partial charge in [-0.25, -0.2) is 17.6 Å². The predicted molar refractivity (Wildman–Crippen MR) is 87.5 cm³/mol. The Balaban J connectivity index is 1.96. The summed E-state index contributed by atoms with van der Waals surface area (Å²) in [5.74, 6) is -1.71. The first-order valence-electron chi connectivity index (χ1n) is 7.89. The fourth-order valence-corrected chi connectivity index (χ4v) is 4.15. The molecule has 7 nitrogen and oxygen atoms in total. The zero-order valence-electron chi connectivity index (χ0n) is 14.1. The van der Waals surface area contributed by atoms with Crippen molar-refractivity contribution in [2.75, 3.05) is 20.2 Å². The molecule has 1 aromatic carbocycles. The van der Waals surface area contributed by atoms with Crippen LogP contribution in [-0.4, -0.2) is 50.8 Å². The summed E-state index contributed by atoms with van der Waals surface area (Å²) in [5.41, 5.74) is 0. The maximum atomic E-state index is 13.0. The molecule has 1 fully saturated rings. The van der Waals surface area contributed by atoms with Crippen LogP contribution in [-0.2, 0) is 24.3 Å². The number of carbonyl (C=O) groups excluding carboxylic acids is 2. The summed E-state index contributed by atoms with van der Waals surface area (Å²) >= 11 is 0. The molecule has 138 valence electrons. The first-order chi connectivity index (χ1) is 11.8. The van der Waals surface area contributed by atoms with E-state index in [2.05, 4.69) is 10.1 Å². The Morgan fingerprint density at radius 1 is 1.24 bits per heavy atom. The van der Waals surface area contributed by atoms with Crippen LogP contribution in [0, 0.1) is 11.7 Å². The van der Waals surface area contributed by atoms with Crippen LogP contribution in [0.3, 0.4) is 0 Å². The van der Waals surface area contributed by atoms with E-state index in [4.69, 9.17) is 0 Å². The standard InChI is InChI=1S/C16H21FN2O5S/c1-11(16(21)24-2)18-15(20)12-7-9-19(10-8-12)25(22,23)14-5-3-13(17)4-6-14/h3-6,11-12H,7-10H2,1-2H3,(H,18,20)/t11-/m0/s1. The molecule has 1 aromatic rings. The second-order valence-corrected chi connectivity index (χ2v) is 7.82. The average molecular weight is 372 g/mol. The molecular weight excluding hydrogens is 351 g/mol. The number of methoxy groups -OCH3 is 1. The molecule has 0 unspecified atom stereocenters. The fraction of sp³-hybridized carbons (Fsp3) is 0.500. The summed E-state index contributed by atoms with van der Waals surface area (Å²) in [4.78, 5) is 23.5. The second kappa shape index (κ2) is 7.92. The smallest absolute Gasteiger partial charge is 0.328 e. The van der Waals surface area contributed by atoms with E-state index in [0.29, 0.717) is 12.8 Å². The van der Waals surface area contributed by atoms with Gasteiger partial charge in [0.15, 0.2) is 0 Å². The Morgan fingerprint density at radius 2 is 1.80 bits per heavy atom. The Labute approximate surface area is 146 Å². The second-order valence-electron chi connectivity index (χ2n) is 5.89. The number of hydrogen-bond donors (Lipinski definition) is 1. The van der Waals surface area contributed by atoms with Gasteiger partial charge in [-0.15, -0.1) is 0 Å². The van der Waals surface area contributed by atoms with Gasteiger partial charge in [-0.1, -0.05) is 0 Å². The number of nitrogens with zero attached hydrogens (tertiary/aromatic N) is 1. The zero-order chi connectivity index (χ0) is 18.6. The maximum Gasteiger partial charge on any atom is 0.328 e. The van der Waals surface area contributed by atoms with Crippen LogP contribution in [0.1, 0.15) is 19.8 Å². The number of nitrogens with one attached hydrogen (secondary N) is 1. The van der Waals surface area contributed by atoms with E-state index < -0.39 is 27.9 Å². The highest BCUT2D eigenvalue weighted by atomic mass is 32.2. The Bertz CT molecular complexity index is 727. The summed E-state index contributed by atoms with van der Waals surface area (Å²) in [6, 6.07) is 3.89. The van der Waals surface area contributed by atoms with Crippen molar-refractivity contribution in [1.29, 1.82) is 0 Å². The van der Waals surface area contributed by atoms with Crippen molar-refractivity contribution in [3.63, 3.8) is 0 Å². The molecule has 0 aromatic heterocycles. The number of benzene rings is 1. The molecule has 0 spiro atoms. The molecule has 0 saturated carbocycles. The minimum Gasteiger partial charge on any atom is -0.467 e. The van der Waals surface area contributed by atoms with E-state index in [0.717, 1.165) is 12.1 Å². The molecule has 0 radical (unpaired) electrons.